The minimum absolute atomic E-state index is 0.0657. The van der Waals surface area contributed by atoms with Gasteiger partial charge in [0, 0.05) is 12.1 Å². The van der Waals surface area contributed by atoms with Gasteiger partial charge in [-0.2, -0.15) is 0 Å². The van der Waals surface area contributed by atoms with Gasteiger partial charge in [-0.15, -0.1) is 0 Å². The number of rotatable bonds is 4. The number of hydrogen-bond donors (Lipinski definition) is 2. The standard InChI is InChI=1S/C13H12N2O5S/c1-9-4-2-3-5-13(9)21(19,20)14-10-6-11(15(17)18)8-12(16)7-10/h2-8,14,16H,1H3. The molecule has 2 aromatic rings. The maximum Gasteiger partial charge on any atom is 0.275 e. The van der Waals surface area contributed by atoms with E-state index in [1.165, 1.54) is 6.07 Å². The highest BCUT2D eigenvalue weighted by molar-refractivity contribution is 7.92. The predicted molar refractivity (Wildman–Crippen MR) is 76.7 cm³/mol. The maximum atomic E-state index is 12.3. The van der Waals surface area contributed by atoms with Crippen molar-refractivity contribution in [1.29, 1.82) is 0 Å². The molecule has 0 bridgehead atoms. The Kier molecular flexibility index (Phi) is 3.81. The van der Waals surface area contributed by atoms with E-state index in [-0.39, 0.29) is 10.6 Å². The van der Waals surface area contributed by atoms with Crippen LogP contribution in [0.15, 0.2) is 47.4 Å². The van der Waals surface area contributed by atoms with Gasteiger partial charge in [-0.05, 0) is 18.6 Å². The summed E-state index contributed by atoms with van der Waals surface area (Å²) in [4.78, 5) is 10.1. The molecule has 2 rings (SSSR count). The average molecular weight is 308 g/mol. The van der Waals surface area contributed by atoms with Gasteiger partial charge in [0.05, 0.1) is 21.6 Å². The molecule has 110 valence electrons. The number of nitrogens with zero attached hydrogens (tertiary/aromatic N) is 1. The van der Waals surface area contributed by atoms with E-state index < -0.39 is 26.4 Å². The van der Waals surface area contributed by atoms with Crippen LogP contribution < -0.4 is 4.72 Å². The number of nitro groups is 1. The minimum Gasteiger partial charge on any atom is -0.508 e. The summed E-state index contributed by atoms with van der Waals surface area (Å²) in [5, 5.41) is 20.1. The van der Waals surface area contributed by atoms with Crippen molar-refractivity contribution in [3.05, 3.63) is 58.1 Å². The number of phenolic OH excluding ortho intramolecular Hbond substituents is 1. The fourth-order valence-electron chi connectivity index (χ4n) is 1.83. The fourth-order valence-corrected chi connectivity index (χ4v) is 3.12. The lowest BCUT2D eigenvalue weighted by atomic mass is 10.2. The molecular formula is C13H12N2O5S. The molecule has 0 saturated carbocycles. The molecule has 0 aliphatic rings. The second-order valence-corrected chi connectivity index (χ2v) is 6.02. The third-order valence-corrected chi connectivity index (χ3v) is 4.29. The number of aryl methyl sites for hydroxylation is 1. The Labute approximate surface area is 121 Å². The highest BCUT2D eigenvalue weighted by atomic mass is 32.2. The summed E-state index contributed by atoms with van der Waals surface area (Å²) in [6, 6.07) is 9.41. The van der Waals surface area contributed by atoms with E-state index in [0.29, 0.717) is 5.56 Å². The Morgan fingerprint density at radius 2 is 1.86 bits per heavy atom. The first-order valence-electron chi connectivity index (χ1n) is 5.86. The van der Waals surface area contributed by atoms with Gasteiger partial charge in [-0.25, -0.2) is 8.42 Å². The number of phenols is 1. The number of sulfonamides is 1. The second-order valence-electron chi connectivity index (χ2n) is 4.37. The van der Waals surface area contributed by atoms with Crippen molar-refractivity contribution < 1.29 is 18.4 Å². The van der Waals surface area contributed by atoms with Gasteiger partial charge in [0.2, 0.25) is 0 Å². The molecule has 0 atom stereocenters. The van der Waals surface area contributed by atoms with E-state index in [0.717, 1.165) is 18.2 Å². The van der Waals surface area contributed by atoms with Crippen LogP contribution in [0.25, 0.3) is 0 Å². The van der Waals surface area contributed by atoms with Crippen molar-refractivity contribution in [3.63, 3.8) is 0 Å². The van der Waals surface area contributed by atoms with Crippen molar-refractivity contribution >= 4 is 21.4 Å². The van der Waals surface area contributed by atoms with E-state index in [1.807, 2.05) is 0 Å². The fraction of sp³-hybridized carbons (Fsp3) is 0.0769. The highest BCUT2D eigenvalue weighted by Gasteiger charge is 2.18. The molecule has 7 nitrogen and oxygen atoms in total. The van der Waals surface area contributed by atoms with Crippen LogP contribution in [0.1, 0.15) is 5.56 Å². The molecular weight excluding hydrogens is 296 g/mol. The quantitative estimate of drug-likeness (QED) is 0.665. The third kappa shape index (κ3) is 3.29. The molecule has 0 amide bonds. The van der Waals surface area contributed by atoms with Crippen LogP contribution >= 0.6 is 0 Å². The smallest absolute Gasteiger partial charge is 0.275 e. The number of nitrogens with one attached hydrogen (secondary N) is 1. The number of benzene rings is 2. The molecule has 0 aliphatic carbocycles. The molecule has 0 spiro atoms. The lowest BCUT2D eigenvalue weighted by molar-refractivity contribution is -0.384. The summed E-state index contributed by atoms with van der Waals surface area (Å²) >= 11 is 0. The van der Waals surface area contributed by atoms with Crippen LogP contribution in [0.2, 0.25) is 0 Å². The summed E-state index contributed by atoms with van der Waals surface area (Å²) in [7, 11) is -3.89. The van der Waals surface area contributed by atoms with Crippen LogP contribution in [-0.4, -0.2) is 18.4 Å². The summed E-state index contributed by atoms with van der Waals surface area (Å²) < 4.78 is 26.7. The minimum atomic E-state index is -3.89. The van der Waals surface area contributed by atoms with Crippen LogP contribution in [0.5, 0.6) is 5.75 Å². The normalized spacial score (nSPS) is 11.1. The van der Waals surface area contributed by atoms with Crippen LogP contribution in [-0.2, 0) is 10.0 Å². The first-order chi connectivity index (χ1) is 9.79. The molecule has 0 heterocycles. The van der Waals surface area contributed by atoms with E-state index in [1.54, 1.807) is 25.1 Å². The second kappa shape index (κ2) is 5.41. The molecule has 21 heavy (non-hydrogen) atoms. The van der Waals surface area contributed by atoms with Crippen molar-refractivity contribution in [1.82, 2.24) is 0 Å². The highest BCUT2D eigenvalue weighted by Crippen LogP contribution is 2.27. The van der Waals surface area contributed by atoms with Crippen LogP contribution in [0.4, 0.5) is 11.4 Å². The third-order valence-electron chi connectivity index (χ3n) is 2.75. The van der Waals surface area contributed by atoms with Gasteiger partial charge in [-0.3, -0.25) is 14.8 Å². The summed E-state index contributed by atoms with van der Waals surface area (Å²) in [6.45, 7) is 1.64. The van der Waals surface area contributed by atoms with Crippen molar-refractivity contribution in [2.45, 2.75) is 11.8 Å². The topological polar surface area (TPSA) is 110 Å². The van der Waals surface area contributed by atoms with Gasteiger partial charge in [-0.1, -0.05) is 18.2 Å². The van der Waals surface area contributed by atoms with Crippen molar-refractivity contribution in [2.75, 3.05) is 4.72 Å². The maximum absolute atomic E-state index is 12.3. The lowest BCUT2D eigenvalue weighted by Gasteiger charge is -2.10. The molecule has 8 heteroatoms. The number of anilines is 1. The predicted octanol–water partition coefficient (Wildman–Crippen LogP) is 2.41. The SMILES string of the molecule is Cc1ccccc1S(=O)(=O)Nc1cc(O)cc([N+](=O)[O-])c1. The monoisotopic (exact) mass is 308 g/mol. The van der Waals surface area contributed by atoms with E-state index in [4.69, 9.17) is 0 Å². The lowest BCUT2D eigenvalue weighted by Crippen LogP contribution is -2.14. The Hall–Kier alpha value is -2.61. The molecule has 0 unspecified atom stereocenters. The van der Waals surface area contributed by atoms with Crippen LogP contribution in [0, 0.1) is 17.0 Å². The van der Waals surface area contributed by atoms with E-state index in [2.05, 4.69) is 4.72 Å². The van der Waals surface area contributed by atoms with Crippen molar-refractivity contribution in [3.8, 4) is 5.75 Å². The Balaban J connectivity index is 2.42. The molecule has 0 saturated heterocycles. The summed E-state index contributed by atoms with van der Waals surface area (Å²) in [6.07, 6.45) is 0. The number of nitro benzene ring substituents is 1. The Morgan fingerprint density at radius 3 is 2.48 bits per heavy atom. The first kappa shape index (κ1) is 14.8. The van der Waals surface area contributed by atoms with Gasteiger partial charge in [0.15, 0.2) is 0 Å². The van der Waals surface area contributed by atoms with Gasteiger partial charge >= 0.3 is 0 Å². The number of hydrogen-bond acceptors (Lipinski definition) is 5. The zero-order valence-electron chi connectivity index (χ0n) is 11.0. The van der Waals surface area contributed by atoms with Gasteiger partial charge in [0.25, 0.3) is 15.7 Å². The molecule has 2 aromatic carbocycles. The molecule has 0 fully saturated rings. The number of non-ortho nitro benzene ring substituents is 1. The summed E-state index contributed by atoms with van der Waals surface area (Å²) in [5.41, 5.74) is 0.0575. The molecule has 0 aliphatic heterocycles. The molecule has 0 radical (unpaired) electrons. The Bertz CT molecular complexity index is 802. The summed E-state index contributed by atoms with van der Waals surface area (Å²) in [5.74, 6) is -0.397. The van der Waals surface area contributed by atoms with Crippen molar-refractivity contribution in [2.24, 2.45) is 0 Å². The Morgan fingerprint density at radius 1 is 1.19 bits per heavy atom. The largest absolute Gasteiger partial charge is 0.508 e. The van der Waals surface area contributed by atoms with Gasteiger partial charge in [0.1, 0.15) is 5.75 Å². The number of aromatic hydroxyl groups is 1. The average Bonchev–Trinajstić information content (AvgIpc) is 2.37. The van der Waals surface area contributed by atoms with E-state index in [9.17, 15) is 23.6 Å². The zero-order valence-corrected chi connectivity index (χ0v) is 11.8. The van der Waals surface area contributed by atoms with E-state index >= 15 is 0 Å². The molecule has 0 aromatic heterocycles. The zero-order chi connectivity index (χ0) is 15.6. The van der Waals surface area contributed by atoms with Gasteiger partial charge < -0.3 is 5.11 Å². The molecule has 2 N–H and O–H groups in total. The first-order valence-corrected chi connectivity index (χ1v) is 7.35. The van der Waals surface area contributed by atoms with Crippen LogP contribution in [0.3, 0.4) is 0 Å².